The average molecular weight is 280 g/mol. The van der Waals surface area contributed by atoms with Crippen molar-refractivity contribution in [2.24, 2.45) is 0 Å². The molecule has 0 amide bonds. The van der Waals surface area contributed by atoms with Gasteiger partial charge in [0.05, 0.1) is 11.5 Å². The van der Waals surface area contributed by atoms with Gasteiger partial charge in [0.2, 0.25) is 5.28 Å². The Labute approximate surface area is 114 Å². The third-order valence-corrected chi connectivity index (χ3v) is 2.56. The van der Waals surface area contributed by atoms with Crippen molar-refractivity contribution in [3.05, 3.63) is 45.9 Å². The summed E-state index contributed by atoms with van der Waals surface area (Å²) < 4.78 is 5.31. The van der Waals surface area contributed by atoms with Crippen LogP contribution < -0.4 is 4.74 Å². The second kappa shape index (κ2) is 5.62. The van der Waals surface area contributed by atoms with Crippen molar-refractivity contribution in [3.8, 4) is 17.0 Å². The Kier molecular flexibility index (Phi) is 3.91. The number of halogens is 1. The Bertz CT molecular complexity index is 602. The number of hydrogen-bond acceptors (Lipinski definition) is 5. The van der Waals surface area contributed by atoms with E-state index in [1.54, 1.807) is 24.3 Å². The molecule has 0 radical (unpaired) electrons. The monoisotopic (exact) mass is 279 g/mol. The SMILES string of the molecule is CCOc1ccc(-c2nc(Cl)ncc2[N+](=O)[O-])cc1. The second-order valence-electron chi connectivity index (χ2n) is 3.59. The van der Waals surface area contributed by atoms with E-state index >= 15 is 0 Å². The third-order valence-electron chi connectivity index (χ3n) is 2.38. The Hall–Kier alpha value is -2.21. The lowest BCUT2D eigenvalue weighted by Crippen LogP contribution is -1.97. The normalized spacial score (nSPS) is 10.2. The Morgan fingerprint density at radius 3 is 2.63 bits per heavy atom. The van der Waals surface area contributed by atoms with Crippen molar-refractivity contribution in [1.82, 2.24) is 9.97 Å². The van der Waals surface area contributed by atoms with Crippen molar-refractivity contribution in [2.45, 2.75) is 6.92 Å². The van der Waals surface area contributed by atoms with Crippen molar-refractivity contribution in [2.75, 3.05) is 6.61 Å². The van der Waals surface area contributed by atoms with Gasteiger partial charge in [-0.25, -0.2) is 9.97 Å². The molecule has 0 unspecified atom stereocenters. The molecule has 2 rings (SSSR count). The van der Waals surface area contributed by atoms with Gasteiger partial charge in [0.15, 0.2) is 5.69 Å². The number of ether oxygens (including phenoxy) is 1. The summed E-state index contributed by atoms with van der Waals surface area (Å²) in [5.41, 5.74) is 0.584. The molecule has 0 spiro atoms. The first kappa shape index (κ1) is 13.2. The molecule has 2 aromatic rings. The van der Waals surface area contributed by atoms with Gasteiger partial charge < -0.3 is 4.74 Å². The fourth-order valence-corrected chi connectivity index (χ4v) is 1.71. The molecule has 1 aromatic carbocycles. The summed E-state index contributed by atoms with van der Waals surface area (Å²) in [6.45, 7) is 2.43. The van der Waals surface area contributed by atoms with Crippen LogP contribution in [-0.2, 0) is 0 Å². The molecule has 1 aromatic heterocycles. The smallest absolute Gasteiger partial charge is 0.313 e. The fraction of sp³-hybridized carbons (Fsp3) is 0.167. The zero-order chi connectivity index (χ0) is 13.8. The summed E-state index contributed by atoms with van der Waals surface area (Å²) in [6.07, 6.45) is 1.10. The molecule has 7 heteroatoms. The summed E-state index contributed by atoms with van der Waals surface area (Å²) in [5.74, 6) is 0.689. The largest absolute Gasteiger partial charge is 0.494 e. The zero-order valence-corrected chi connectivity index (χ0v) is 10.8. The average Bonchev–Trinajstić information content (AvgIpc) is 2.39. The number of rotatable bonds is 4. The van der Waals surface area contributed by atoms with Crippen LogP contribution in [0.2, 0.25) is 5.28 Å². The molecule has 0 aliphatic heterocycles. The molecule has 0 atom stereocenters. The molecule has 0 bridgehead atoms. The fourth-order valence-electron chi connectivity index (χ4n) is 1.58. The van der Waals surface area contributed by atoms with E-state index in [0.717, 1.165) is 6.20 Å². The van der Waals surface area contributed by atoms with Gasteiger partial charge in [0.25, 0.3) is 0 Å². The minimum absolute atomic E-state index is 0.0329. The van der Waals surface area contributed by atoms with Crippen LogP contribution in [0.25, 0.3) is 11.3 Å². The van der Waals surface area contributed by atoms with Crippen molar-refractivity contribution in [3.63, 3.8) is 0 Å². The molecular formula is C12H10ClN3O3. The van der Waals surface area contributed by atoms with E-state index in [4.69, 9.17) is 16.3 Å². The van der Waals surface area contributed by atoms with Gasteiger partial charge in [-0.1, -0.05) is 0 Å². The first-order valence-electron chi connectivity index (χ1n) is 5.52. The van der Waals surface area contributed by atoms with Crippen LogP contribution in [0.4, 0.5) is 5.69 Å². The van der Waals surface area contributed by atoms with Crippen molar-refractivity contribution < 1.29 is 9.66 Å². The van der Waals surface area contributed by atoms with Crippen LogP contribution in [-0.4, -0.2) is 21.5 Å². The van der Waals surface area contributed by atoms with Crippen LogP contribution in [0.15, 0.2) is 30.5 Å². The van der Waals surface area contributed by atoms with Crippen LogP contribution in [0.5, 0.6) is 5.75 Å². The Morgan fingerprint density at radius 2 is 2.05 bits per heavy atom. The number of nitro groups is 1. The van der Waals surface area contributed by atoms with Gasteiger partial charge in [-0.2, -0.15) is 0 Å². The maximum atomic E-state index is 10.9. The molecule has 6 nitrogen and oxygen atoms in total. The van der Waals surface area contributed by atoms with Gasteiger partial charge >= 0.3 is 5.69 Å². The lowest BCUT2D eigenvalue weighted by molar-refractivity contribution is -0.384. The summed E-state index contributed by atoms with van der Waals surface area (Å²) in [6, 6.07) is 6.82. The number of hydrogen-bond donors (Lipinski definition) is 0. The zero-order valence-electron chi connectivity index (χ0n) is 10.0. The lowest BCUT2D eigenvalue weighted by atomic mass is 10.1. The van der Waals surface area contributed by atoms with Crippen molar-refractivity contribution >= 4 is 17.3 Å². The third kappa shape index (κ3) is 2.97. The van der Waals surface area contributed by atoms with Gasteiger partial charge in [-0.05, 0) is 42.8 Å². The summed E-state index contributed by atoms with van der Waals surface area (Å²) in [5, 5.41) is 10.9. The minimum atomic E-state index is -0.540. The first-order chi connectivity index (χ1) is 9.11. The second-order valence-corrected chi connectivity index (χ2v) is 3.93. The molecule has 0 aliphatic carbocycles. The highest BCUT2D eigenvalue weighted by Crippen LogP contribution is 2.29. The predicted octanol–water partition coefficient (Wildman–Crippen LogP) is 3.10. The molecule has 0 N–H and O–H groups in total. The molecular weight excluding hydrogens is 270 g/mol. The summed E-state index contributed by atoms with van der Waals surface area (Å²) in [7, 11) is 0. The molecule has 0 saturated carbocycles. The van der Waals surface area contributed by atoms with E-state index in [2.05, 4.69) is 9.97 Å². The Morgan fingerprint density at radius 1 is 1.37 bits per heavy atom. The molecule has 1 heterocycles. The van der Waals surface area contributed by atoms with Gasteiger partial charge in [0, 0.05) is 5.56 Å². The topological polar surface area (TPSA) is 78.2 Å². The number of nitrogens with zero attached hydrogens (tertiary/aromatic N) is 3. The van der Waals surface area contributed by atoms with Gasteiger partial charge in [-0.3, -0.25) is 10.1 Å². The quantitative estimate of drug-likeness (QED) is 0.488. The minimum Gasteiger partial charge on any atom is -0.494 e. The van der Waals surface area contributed by atoms with Gasteiger partial charge in [-0.15, -0.1) is 0 Å². The van der Waals surface area contributed by atoms with Crippen molar-refractivity contribution in [1.29, 1.82) is 0 Å². The molecule has 0 fully saturated rings. The van der Waals surface area contributed by atoms with Crippen LogP contribution in [0.1, 0.15) is 6.92 Å². The van der Waals surface area contributed by atoms with Gasteiger partial charge in [0.1, 0.15) is 11.9 Å². The summed E-state index contributed by atoms with van der Waals surface area (Å²) in [4.78, 5) is 17.9. The molecule has 0 saturated heterocycles. The predicted molar refractivity (Wildman–Crippen MR) is 70.3 cm³/mol. The van der Waals surface area contributed by atoms with E-state index in [0.29, 0.717) is 17.9 Å². The Balaban J connectivity index is 2.45. The number of aromatic nitrogens is 2. The molecule has 19 heavy (non-hydrogen) atoms. The number of benzene rings is 1. The maximum absolute atomic E-state index is 10.9. The molecule has 0 aliphatic rings. The molecule has 98 valence electrons. The van der Waals surface area contributed by atoms with E-state index in [-0.39, 0.29) is 16.7 Å². The summed E-state index contributed by atoms with van der Waals surface area (Å²) >= 11 is 5.68. The van der Waals surface area contributed by atoms with Crippen LogP contribution in [0.3, 0.4) is 0 Å². The highest BCUT2D eigenvalue weighted by atomic mass is 35.5. The first-order valence-corrected chi connectivity index (χ1v) is 5.89. The lowest BCUT2D eigenvalue weighted by Gasteiger charge is -2.05. The van der Waals surface area contributed by atoms with Crippen LogP contribution in [0, 0.1) is 10.1 Å². The van der Waals surface area contributed by atoms with Crippen LogP contribution >= 0.6 is 11.6 Å². The maximum Gasteiger partial charge on any atom is 0.313 e. The van der Waals surface area contributed by atoms with E-state index in [9.17, 15) is 10.1 Å². The van der Waals surface area contributed by atoms with E-state index in [1.165, 1.54) is 0 Å². The van der Waals surface area contributed by atoms with E-state index < -0.39 is 4.92 Å². The highest BCUT2D eigenvalue weighted by molar-refractivity contribution is 6.28. The van der Waals surface area contributed by atoms with E-state index in [1.807, 2.05) is 6.92 Å². The standard InChI is InChI=1S/C12H10ClN3O3/c1-2-19-9-5-3-8(4-6-9)11-10(16(17)18)7-14-12(13)15-11/h3-7H,2H2,1H3. The highest BCUT2D eigenvalue weighted by Gasteiger charge is 2.18.